The number of amides is 1. The Bertz CT molecular complexity index is 533. The highest BCUT2D eigenvalue weighted by atomic mass is 19.1. The summed E-state index contributed by atoms with van der Waals surface area (Å²) in [5.41, 5.74) is 0.604. The van der Waals surface area contributed by atoms with Gasteiger partial charge in [-0.25, -0.2) is 14.2 Å². The minimum absolute atomic E-state index is 0.00362. The van der Waals surface area contributed by atoms with Gasteiger partial charge in [0, 0.05) is 6.42 Å². The van der Waals surface area contributed by atoms with E-state index in [-0.39, 0.29) is 25.4 Å². The van der Waals surface area contributed by atoms with E-state index in [2.05, 4.69) is 0 Å². The third-order valence-electron chi connectivity index (χ3n) is 2.46. The number of carbonyl (C=O) groups excluding carboxylic acids is 1. The number of aliphatic hydroxyl groups excluding tert-OH is 1. The Labute approximate surface area is 121 Å². The Balaban J connectivity index is 2.85. The predicted octanol–water partition coefficient (Wildman–Crippen LogP) is 2.03. The van der Waals surface area contributed by atoms with Crippen molar-refractivity contribution in [2.24, 2.45) is 0 Å². The molecule has 0 atom stereocenters. The van der Waals surface area contributed by atoms with Gasteiger partial charge in [-0.2, -0.15) is 0 Å². The maximum atomic E-state index is 13.1. The van der Waals surface area contributed by atoms with Crippen molar-refractivity contribution in [3.05, 3.63) is 47.5 Å². The van der Waals surface area contributed by atoms with E-state index in [0.29, 0.717) is 11.6 Å². The average Bonchev–Trinajstić information content (AvgIpc) is 2.63. The lowest BCUT2D eigenvalue weighted by Gasteiger charge is -2.20. The number of carboxylic acids is 1. The van der Waals surface area contributed by atoms with Crippen molar-refractivity contribution in [2.75, 3.05) is 13.2 Å². The fourth-order valence-corrected chi connectivity index (χ4v) is 1.51. The van der Waals surface area contributed by atoms with Crippen LogP contribution in [0.25, 0.3) is 0 Å². The molecule has 1 aliphatic rings. The number of nitrogens with zero attached hydrogens (tertiary/aromatic N) is 1. The van der Waals surface area contributed by atoms with Crippen LogP contribution in [0.4, 0.5) is 4.39 Å². The van der Waals surface area contributed by atoms with E-state index in [1.807, 2.05) is 0 Å². The molecule has 0 bridgehead atoms. The summed E-state index contributed by atoms with van der Waals surface area (Å²) < 4.78 is 13.1. The Kier molecular flexibility index (Phi) is 6.35. The molecule has 7 heteroatoms. The van der Waals surface area contributed by atoms with E-state index in [4.69, 9.17) is 15.1 Å². The normalized spacial score (nSPS) is 15.0. The van der Waals surface area contributed by atoms with Crippen LogP contribution < -0.4 is 0 Å². The zero-order chi connectivity index (χ0) is 15.8. The number of rotatable bonds is 6. The highest BCUT2D eigenvalue weighted by Crippen LogP contribution is 2.13. The first-order valence-electron chi connectivity index (χ1n) is 6.24. The highest BCUT2D eigenvalue weighted by molar-refractivity contribution is 5.95. The summed E-state index contributed by atoms with van der Waals surface area (Å²) in [6, 6.07) is 0. The van der Waals surface area contributed by atoms with Gasteiger partial charge in [-0.1, -0.05) is 18.2 Å². The lowest BCUT2D eigenvalue weighted by Crippen LogP contribution is -2.32. The summed E-state index contributed by atoms with van der Waals surface area (Å²) in [7, 11) is 0. The Hall–Kier alpha value is -2.41. The number of carbonyl (C=O) groups is 2. The molecule has 0 radical (unpaired) electrons. The molecule has 1 rings (SSSR count). The lowest BCUT2D eigenvalue weighted by atomic mass is 10.2. The van der Waals surface area contributed by atoms with E-state index in [0.717, 1.165) is 5.06 Å². The van der Waals surface area contributed by atoms with E-state index in [1.165, 1.54) is 12.2 Å². The number of aliphatic hydroxyl groups is 1. The highest BCUT2D eigenvalue weighted by Gasteiger charge is 2.16. The van der Waals surface area contributed by atoms with Crippen molar-refractivity contribution in [1.29, 1.82) is 0 Å². The van der Waals surface area contributed by atoms with Crippen LogP contribution in [-0.2, 0) is 14.4 Å². The lowest BCUT2D eigenvalue weighted by molar-refractivity contribution is -0.176. The third kappa shape index (κ3) is 5.62. The van der Waals surface area contributed by atoms with Gasteiger partial charge in [0.15, 0.2) is 0 Å². The van der Waals surface area contributed by atoms with Crippen molar-refractivity contribution in [1.82, 2.24) is 5.06 Å². The van der Waals surface area contributed by atoms with Crippen molar-refractivity contribution < 1.29 is 29.0 Å². The van der Waals surface area contributed by atoms with Crippen LogP contribution >= 0.6 is 0 Å². The SMILES string of the molecule is CCON(CC1=CC=C(F)CC=C1)C(=O)/C=C(\O)C(=O)O. The fraction of sp³-hybridized carbons (Fsp3) is 0.286. The van der Waals surface area contributed by atoms with Gasteiger partial charge in [0.1, 0.15) is 5.83 Å². The van der Waals surface area contributed by atoms with E-state index in [1.54, 1.807) is 19.1 Å². The molecule has 0 aromatic carbocycles. The van der Waals surface area contributed by atoms with Gasteiger partial charge in [-0.05, 0) is 18.6 Å². The first-order chi connectivity index (χ1) is 9.93. The molecular weight excluding hydrogens is 281 g/mol. The van der Waals surface area contributed by atoms with Crippen LogP contribution in [0.15, 0.2) is 47.5 Å². The van der Waals surface area contributed by atoms with Gasteiger partial charge < -0.3 is 10.2 Å². The quantitative estimate of drug-likeness (QED) is 0.445. The number of halogens is 1. The average molecular weight is 297 g/mol. The van der Waals surface area contributed by atoms with Crippen LogP contribution in [0.2, 0.25) is 0 Å². The number of hydroxylamine groups is 2. The summed E-state index contributed by atoms with van der Waals surface area (Å²) in [5, 5.41) is 18.5. The molecular formula is C14H16FNO5. The van der Waals surface area contributed by atoms with Gasteiger partial charge in [0.2, 0.25) is 5.76 Å². The number of carboxylic acid groups (broad SMARTS) is 1. The molecule has 114 valence electrons. The Morgan fingerprint density at radius 2 is 2.14 bits per heavy atom. The van der Waals surface area contributed by atoms with E-state index in [9.17, 15) is 14.0 Å². The summed E-state index contributed by atoms with van der Waals surface area (Å²) >= 11 is 0. The van der Waals surface area contributed by atoms with Crippen molar-refractivity contribution >= 4 is 11.9 Å². The summed E-state index contributed by atoms with van der Waals surface area (Å²) in [6.07, 6.45) is 6.75. The Morgan fingerprint density at radius 1 is 1.43 bits per heavy atom. The topological polar surface area (TPSA) is 87.1 Å². The summed E-state index contributed by atoms with van der Waals surface area (Å²) in [6.45, 7) is 1.82. The van der Waals surface area contributed by atoms with Crippen molar-refractivity contribution in [3.63, 3.8) is 0 Å². The largest absolute Gasteiger partial charge is 0.502 e. The van der Waals surface area contributed by atoms with Gasteiger partial charge in [0.25, 0.3) is 5.91 Å². The zero-order valence-corrected chi connectivity index (χ0v) is 11.5. The smallest absolute Gasteiger partial charge is 0.371 e. The van der Waals surface area contributed by atoms with Gasteiger partial charge in [-0.3, -0.25) is 9.63 Å². The number of aliphatic carboxylic acids is 1. The molecule has 6 nitrogen and oxygen atoms in total. The predicted molar refractivity (Wildman–Crippen MR) is 72.7 cm³/mol. The molecule has 0 heterocycles. The molecule has 0 saturated heterocycles. The molecule has 1 amide bonds. The third-order valence-corrected chi connectivity index (χ3v) is 2.46. The van der Waals surface area contributed by atoms with Crippen LogP contribution in [0, 0.1) is 0 Å². The van der Waals surface area contributed by atoms with E-state index < -0.39 is 17.6 Å². The molecule has 0 aromatic rings. The van der Waals surface area contributed by atoms with Crippen LogP contribution in [0.5, 0.6) is 0 Å². The minimum atomic E-state index is -1.61. The Morgan fingerprint density at radius 3 is 2.76 bits per heavy atom. The van der Waals surface area contributed by atoms with Crippen LogP contribution in [-0.4, -0.2) is 40.3 Å². The molecule has 1 aliphatic carbocycles. The molecule has 0 saturated carbocycles. The fourth-order valence-electron chi connectivity index (χ4n) is 1.51. The van der Waals surface area contributed by atoms with Gasteiger partial charge in [-0.15, -0.1) is 0 Å². The minimum Gasteiger partial charge on any atom is -0.502 e. The number of hydrogen-bond acceptors (Lipinski definition) is 4. The van der Waals surface area contributed by atoms with E-state index >= 15 is 0 Å². The van der Waals surface area contributed by atoms with Crippen molar-refractivity contribution in [2.45, 2.75) is 13.3 Å². The number of hydrogen-bond donors (Lipinski definition) is 2. The molecule has 0 aliphatic heterocycles. The van der Waals surface area contributed by atoms with Gasteiger partial charge >= 0.3 is 5.97 Å². The monoisotopic (exact) mass is 297 g/mol. The van der Waals surface area contributed by atoms with Crippen LogP contribution in [0.3, 0.4) is 0 Å². The number of allylic oxidation sites excluding steroid dienone is 4. The second kappa shape index (κ2) is 8.01. The second-order valence-corrected chi connectivity index (χ2v) is 4.09. The standard InChI is InChI=1S/C14H16FNO5/c1-2-21-16(13(18)8-12(17)14(19)20)9-10-4-3-5-11(15)7-6-10/h3-4,6-8,17H,2,5,9H2,1H3,(H,19,20)/b12-8-. The molecule has 0 spiro atoms. The summed E-state index contributed by atoms with van der Waals surface area (Å²) in [5.74, 6) is -3.82. The molecule has 0 unspecified atom stereocenters. The van der Waals surface area contributed by atoms with Gasteiger partial charge in [0.05, 0.1) is 19.2 Å². The van der Waals surface area contributed by atoms with Crippen LogP contribution in [0.1, 0.15) is 13.3 Å². The first kappa shape index (κ1) is 16.6. The molecule has 0 aromatic heterocycles. The molecule has 2 N–H and O–H groups in total. The molecule has 21 heavy (non-hydrogen) atoms. The second-order valence-electron chi connectivity index (χ2n) is 4.09. The molecule has 0 fully saturated rings. The first-order valence-corrected chi connectivity index (χ1v) is 6.24. The zero-order valence-electron chi connectivity index (χ0n) is 11.5. The maximum Gasteiger partial charge on any atom is 0.371 e. The maximum absolute atomic E-state index is 13.1. The summed E-state index contributed by atoms with van der Waals surface area (Å²) in [4.78, 5) is 27.4. The van der Waals surface area contributed by atoms with Crippen molar-refractivity contribution in [3.8, 4) is 0 Å².